The number of carbonyl (C=O) groups excluding carboxylic acids is 1. The summed E-state index contributed by atoms with van der Waals surface area (Å²) < 4.78 is 28.0. The van der Waals surface area contributed by atoms with Crippen LogP contribution in [-0.4, -0.2) is 41.6 Å². The van der Waals surface area contributed by atoms with Crippen molar-refractivity contribution in [3.63, 3.8) is 0 Å². The number of hydrogen-bond acceptors (Lipinski definition) is 4. The number of nitrogens with zero attached hydrogens (tertiary/aromatic N) is 1. The van der Waals surface area contributed by atoms with Gasteiger partial charge in [0, 0.05) is 6.20 Å². The van der Waals surface area contributed by atoms with Crippen LogP contribution in [0.3, 0.4) is 0 Å². The maximum absolute atomic E-state index is 11.7. The van der Waals surface area contributed by atoms with Gasteiger partial charge in [-0.15, -0.1) is 0 Å². The summed E-state index contributed by atoms with van der Waals surface area (Å²) in [6, 6.07) is 1.24. The largest absolute Gasteiger partial charge is 0.478 e. The molecule has 0 saturated heterocycles. The van der Waals surface area contributed by atoms with E-state index < -0.39 is 24.9 Å². The number of nitrogens with one attached hydrogen (secondary N) is 1. The second-order valence-electron chi connectivity index (χ2n) is 3.49. The molecule has 0 bridgehead atoms. The van der Waals surface area contributed by atoms with E-state index in [4.69, 9.17) is 5.11 Å². The minimum absolute atomic E-state index is 0.0499. The van der Waals surface area contributed by atoms with E-state index in [0.29, 0.717) is 0 Å². The monoisotopic (exact) mass is 274 g/mol. The standard InChI is InChI=1S/C11H12F2N2O4/c12-9(13)6-19-4-2-10(16)15-8-5-14-3-1-7(8)11(17)18/h1,3,5,9H,2,4,6H2,(H,15,16)(H,17,18). The third-order valence-electron chi connectivity index (χ3n) is 2.04. The third-order valence-corrected chi connectivity index (χ3v) is 2.04. The van der Waals surface area contributed by atoms with Crippen molar-refractivity contribution in [3.05, 3.63) is 24.0 Å². The van der Waals surface area contributed by atoms with Crippen molar-refractivity contribution < 1.29 is 28.2 Å². The number of halogens is 2. The number of pyridine rings is 1. The summed E-state index contributed by atoms with van der Waals surface area (Å²) in [5.74, 6) is -1.74. The molecule has 19 heavy (non-hydrogen) atoms. The Hall–Kier alpha value is -2.09. The molecule has 104 valence electrons. The number of rotatable bonds is 7. The Labute approximate surface area is 107 Å². The number of carbonyl (C=O) groups is 2. The zero-order chi connectivity index (χ0) is 14.3. The van der Waals surface area contributed by atoms with E-state index in [1.54, 1.807) is 0 Å². The highest BCUT2D eigenvalue weighted by Gasteiger charge is 2.12. The Balaban J connectivity index is 2.46. The van der Waals surface area contributed by atoms with Crippen LogP contribution in [0.2, 0.25) is 0 Å². The first-order valence-electron chi connectivity index (χ1n) is 5.33. The van der Waals surface area contributed by atoms with E-state index in [2.05, 4.69) is 15.0 Å². The van der Waals surface area contributed by atoms with Crippen molar-refractivity contribution in [2.24, 2.45) is 0 Å². The van der Waals surface area contributed by atoms with Crippen LogP contribution >= 0.6 is 0 Å². The fraction of sp³-hybridized carbons (Fsp3) is 0.364. The number of ether oxygens (including phenoxy) is 1. The highest BCUT2D eigenvalue weighted by molar-refractivity contribution is 6.00. The van der Waals surface area contributed by atoms with Crippen molar-refractivity contribution in [1.29, 1.82) is 0 Å². The predicted octanol–water partition coefficient (Wildman–Crippen LogP) is 1.39. The average molecular weight is 274 g/mol. The number of aromatic nitrogens is 1. The molecule has 0 aliphatic heterocycles. The molecule has 0 saturated carbocycles. The maximum atomic E-state index is 11.7. The van der Waals surface area contributed by atoms with Gasteiger partial charge in [0.15, 0.2) is 0 Å². The van der Waals surface area contributed by atoms with Gasteiger partial charge in [-0.2, -0.15) is 0 Å². The van der Waals surface area contributed by atoms with E-state index in [-0.39, 0.29) is 24.3 Å². The Bertz CT molecular complexity index is 454. The zero-order valence-electron chi connectivity index (χ0n) is 9.81. The number of aromatic carboxylic acids is 1. The van der Waals surface area contributed by atoms with Crippen molar-refractivity contribution >= 4 is 17.6 Å². The van der Waals surface area contributed by atoms with E-state index in [1.165, 1.54) is 18.5 Å². The molecular weight excluding hydrogens is 262 g/mol. The summed E-state index contributed by atoms with van der Waals surface area (Å²) in [5.41, 5.74) is -0.0503. The Morgan fingerprint density at radius 1 is 1.47 bits per heavy atom. The lowest BCUT2D eigenvalue weighted by molar-refractivity contribution is -0.117. The lowest BCUT2D eigenvalue weighted by Crippen LogP contribution is -2.17. The summed E-state index contributed by atoms with van der Waals surface area (Å²) in [7, 11) is 0. The summed E-state index contributed by atoms with van der Waals surface area (Å²) in [6.07, 6.45) is -0.257. The van der Waals surface area contributed by atoms with Gasteiger partial charge in [0.25, 0.3) is 6.43 Å². The van der Waals surface area contributed by atoms with Crippen LogP contribution < -0.4 is 5.32 Å². The lowest BCUT2D eigenvalue weighted by atomic mass is 10.2. The molecule has 0 aliphatic carbocycles. The molecule has 0 atom stereocenters. The van der Waals surface area contributed by atoms with Gasteiger partial charge in [-0.25, -0.2) is 13.6 Å². The fourth-order valence-electron chi connectivity index (χ4n) is 1.23. The number of anilines is 1. The number of alkyl halides is 2. The molecule has 1 aromatic heterocycles. The fourth-order valence-corrected chi connectivity index (χ4v) is 1.23. The third kappa shape index (κ3) is 5.38. The van der Waals surface area contributed by atoms with E-state index in [0.717, 1.165) is 0 Å². The summed E-state index contributed by atoms with van der Waals surface area (Å²) >= 11 is 0. The van der Waals surface area contributed by atoms with Crippen molar-refractivity contribution in [3.8, 4) is 0 Å². The molecule has 0 fully saturated rings. The number of amides is 1. The second kappa shape index (κ2) is 7.37. The van der Waals surface area contributed by atoms with Gasteiger partial charge in [0.2, 0.25) is 5.91 Å². The molecule has 1 amide bonds. The summed E-state index contributed by atoms with van der Waals surface area (Å²) in [5, 5.41) is 11.2. The second-order valence-corrected chi connectivity index (χ2v) is 3.49. The number of carboxylic acid groups (broad SMARTS) is 1. The van der Waals surface area contributed by atoms with E-state index in [9.17, 15) is 18.4 Å². The Morgan fingerprint density at radius 3 is 2.84 bits per heavy atom. The highest BCUT2D eigenvalue weighted by Crippen LogP contribution is 2.13. The summed E-state index contributed by atoms with van der Waals surface area (Å²) in [6.45, 7) is -0.903. The van der Waals surface area contributed by atoms with Gasteiger partial charge in [0.1, 0.15) is 6.61 Å². The van der Waals surface area contributed by atoms with Crippen molar-refractivity contribution in [1.82, 2.24) is 4.98 Å². The minimum Gasteiger partial charge on any atom is -0.478 e. The Kier molecular flexibility index (Phi) is 5.80. The molecule has 0 aliphatic rings. The molecule has 1 heterocycles. The Morgan fingerprint density at radius 2 is 2.21 bits per heavy atom. The molecule has 0 aromatic carbocycles. The van der Waals surface area contributed by atoms with Gasteiger partial charge < -0.3 is 15.2 Å². The SMILES string of the molecule is O=C(CCOCC(F)F)Nc1cnccc1C(=O)O. The quantitative estimate of drug-likeness (QED) is 0.733. The molecule has 8 heteroatoms. The van der Waals surface area contributed by atoms with Crippen LogP contribution in [0.25, 0.3) is 0 Å². The molecule has 0 spiro atoms. The van der Waals surface area contributed by atoms with Gasteiger partial charge in [0.05, 0.1) is 30.5 Å². The first-order valence-corrected chi connectivity index (χ1v) is 5.33. The van der Waals surface area contributed by atoms with Gasteiger partial charge in [-0.3, -0.25) is 9.78 Å². The van der Waals surface area contributed by atoms with E-state index in [1.807, 2.05) is 0 Å². The zero-order valence-corrected chi connectivity index (χ0v) is 9.81. The molecular formula is C11H12F2N2O4. The molecule has 2 N–H and O–H groups in total. The number of hydrogen-bond donors (Lipinski definition) is 2. The van der Waals surface area contributed by atoms with Crippen molar-refractivity contribution in [2.45, 2.75) is 12.8 Å². The predicted molar refractivity (Wildman–Crippen MR) is 61.3 cm³/mol. The van der Waals surface area contributed by atoms with E-state index >= 15 is 0 Å². The molecule has 1 aromatic rings. The first kappa shape index (κ1) is 15.0. The van der Waals surface area contributed by atoms with Crippen LogP contribution in [0, 0.1) is 0 Å². The van der Waals surface area contributed by atoms with Gasteiger partial charge >= 0.3 is 5.97 Å². The van der Waals surface area contributed by atoms with Crippen LogP contribution in [0.4, 0.5) is 14.5 Å². The van der Waals surface area contributed by atoms with Crippen LogP contribution in [0.5, 0.6) is 0 Å². The molecule has 0 radical (unpaired) electrons. The minimum atomic E-state index is -2.58. The summed E-state index contributed by atoms with van der Waals surface area (Å²) in [4.78, 5) is 26.0. The highest BCUT2D eigenvalue weighted by atomic mass is 19.3. The van der Waals surface area contributed by atoms with Crippen molar-refractivity contribution in [2.75, 3.05) is 18.5 Å². The molecule has 6 nitrogen and oxygen atoms in total. The molecule has 1 rings (SSSR count). The van der Waals surface area contributed by atoms with Gasteiger partial charge in [-0.1, -0.05) is 0 Å². The smallest absolute Gasteiger partial charge is 0.337 e. The normalized spacial score (nSPS) is 10.5. The average Bonchev–Trinajstić information content (AvgIpc) is 2.35. The molecule has 0 unspecified atom stereocenters. The van der Waals surface area contributed by atoms with Crippen LogP contribution in [0.15, 0.2) is 18.5 Å². The van der Waals surface area contributed by atoms with Crippen LogP contribution in [-0.2, 0) is 9.53 Å². The maximum Gasteiger partial charge on any atom is 0.337 e. The number of carboxylic acids is 1. The lowest BCUT2D eigenvalue weighted by Gasteiger charge is -2.07. The topological polar surface area (TPSA) is 88.5 Å². The van der Waals surface area contributed by atoms with Gasteiger partial charge in [-0.05, 0) is 6.07 Å². The first-order chi connectivity index (χ1) is 9.00. The van der Waals surface area contributed by atoms with Crippen LogP contribution in [0.1, 0.15) is 16.8 Å².